The summed E-state index contributed by atoms with van der Waals surface area (Å²) in [7, 11) is 0. The molecule has 5 heteroatoms. The van der Waals surface area contributed by atoms with E-state index in [4.69, 9.17) is 15.6 Å². The molecule has 1 aromatic carbocycles. The smallest absolute Gasteiger partial charge is 0.338 e. The number of hydrogen-bond donors (Lipinski definition) is 2. The number of rotatable bonds is 5. The maximum Gasteiger partial charge on any atom is 0.338 e. The third-order valence-corrected chi connectivity index (χ3v) is 1.95. The van der Waals surface area contributed by atoms with Crippen LogP contribution < -0.4 is 5.73 Å². The molecular weight excluding hydrogens is 210 g/mol. The second-order valence-electron chi connectivity index (χ2n) is 3.23. The van der Waals surface area contributed by atoms with Gasteiger partial charge in [0.2, 0.25) is 0 Å². The van der Waals surface area contributed by atoms with Crippen molar-refractivity contribution in [2.45, 2.75) is 12.5 Å². The maximum atomic E-state index is 11.5. The molecule has 0 saturated heterocycles. The van der Waals surface area contributed by atoms with Gasteiger partial charge in [-0.2, -0.15) is 0 Å². The average Bonchev–Trinajstić information content (AvgIpc) is 2.28. The van der Waals surface area contributed by atoms with Crippen LogP contribution in [0.1, 0.15) is 16.8 Å². The molecule has 0 fully saturated rings. The average molecular weight is 223 g/mol. The summed E-state index contributed by atoms with van der Waals surface area (Å²) in [4.78, 5) is 22.0. The summed E-state index contributed by atoms with van der Waals surface area (Å²) in [5.74, 6) is -1.60. The molecule has 0 radical (unpaired) electrons. The van der Waals surface area contributed by atoms with E-state index < -0.39 is 18.0 Å². The molecule has 3 N–H and O–H groups in total. The molecule has 16 heavy (non-hydrogen) atoms. The summed E-state index contributed by atoms with van der Waals surface area (Å²) in [6, 6.07) is 8.36. The van der Waals surface area contributed by atoms with Crippen LogP contribution in [-0.2, 0) is 9.53 Å². The molecule has 0 aliphatic carbocycles. The van der Waals surface area contributed by atoms with Crippen LogP contribution in [0.2, 0.25) is 0 Å². The lowest BCUT2D eigenvalue weighted by Crippen LogP contribution is -2.29. The van der Waals surface area contributed by atoms with Crippen molar-refractivity contribution in [3.8, 4) is 0 Å². The van der Waals surface area contributed by atoms with Crippen molar-refractivity contribution < 1.29 is 19.4 Å². The van der Waals surface area contributed by atoms with Crippen molar-refractivity contribution in [1.82, 2.24) is 0 Å². The van der Waals surface area contributed by atoms with Gasteiger partial charge in [-0.1, -0.05) is 18.2 Å². The number of carbonyl (C=O) groups excluding carboxylic acids is 1. The predicted octanol–water partition coefficient (Wildman–Crippen LogP) is 0.645. The Hall–Kier alpha value is -1.88. The van der Waals surface area contributed by atoms with Gasteiger partial charge in [0.15, 0.2) is 0 Å². The van der Waals surface area contributed by atoms with Crippen molar-refractivity contribution >= 4 is 11.9 Å². The number of carbonyl (C=O) groups is 2. The van der Waals surface area contributed by atoms with Gasteiger partial charge < -0.3 is 15.6 Å². The molecule has 1 rings (SSSR count). The van der Waals surface area contributed by atoms with Crippen molar-refractivity contribution in [2.24, 2.45) is 5.73 Å². The minimum Gasteiger partial charge on any atom is -0.481 e. The molecule has 86 valence electrons. The summed E-state index contributed by atoms with van der Waals surface area (Å²) in [5.41, 5.74) is 5.69. The highest BCUT2D eigenvalue weighted by atomic mass is 16.5. The van der Waals surface area contributed by atoms with Crippen LogP contribution >= 0.6 is 0 Å². The summed E-state index contributed by atoms with van der Waals surface area (Å²) < 4.78 is 4.95. The fraction of sp³-hybridized carbons (Fsp3) is 0.273. The van der Waals surface area contributed by atoms with E-state index in [1.54, 1.807) is 30.3 Å². The maximum absolute atomic E-state index is 11.5. The Morgan fingerprint density at radius 3 is 2.44 bits per heavy atom. The monoisotopic (exact) mass is 223 g/mol. The summed E-state index contributed by atoms with van der Waals surface area (Å²) >= 11 is 0. The Morgan fingerprint density at radius 1 is 1.31 bits per heavy atom. The molecule has 1 aromatic rings. The van der Waals surface area contributed by atoms with Crippen LogP contribution in [0.15, 0.2) is 30.3 Å². The quantitative estimate of drug-likeness (QED) is 0.715. The van der Waals surface area contributed by atoms with E-state index in [0.29, 0.717) is 5.56 Å². The number of hydrogen-bond acceptors (Lipinski definition) is 4. The lowest BCUT2D eigenvalue weighted by molar-refractivity contribution is -0.139. The van der Waals surface area contributed by atoms with E-state index in [1.807, 2.05) is 0 Å². The highest BCUT2D eigenvalue weighted by molar-refractivity contribution is 5.89. The largest absolute Gasteiger partial charge is 0.481 e. The first kappa shape index (κ1) is 12.2. The molecule has 0 aromatic heterocycles. The first-order valence-corrected chi connectivity index (χ1v) is 4.81. The van der Waals surface area contributed by atoms with Gasteiger partial charge in [-0.25, -0.2) is 4.79 Å². The topological polar surface area (TPSA) is 89.6 Å². The first-order valence-electron chi connectivity index (χ1n) is 4.81. The van der Waals surface area contributed by atoms with E-state index in [0.717, 1.165) is 0 Å². The second-order valence-corrected chi connectivity index (χ2v) is 3.23. The van der Waals surface area contributed by atoms with Gasteiger partial charge in [-0.15, -0.1) is 0 Å². The Balaban J connectivity index is 2.59. The summed E-state index contributed by atoms with van der Waals surface area (Å²) in [6.07, 6.45) is -1.07. The molecule has 1 atom stereocenters. The fourth-order valence-electron chi connectivity index (χ4n) is 1.16. The number of carboxylic acid groups (broad SMARTS) is 1. The van der Waals surface area contributed by atoms with Gasteiger partial charge in [0, 0.05) is 6.54 Å². The summed E-state index contributed by atoms with van der Waals surface area (Å²) in [5, 5.41) is 8.55. The molecule has 0 aliphatic rings. The number of esters is 1. The Labute approximate surface area is 92.8 Å². The third-order valence-electron chi connectivity index (χ3n) is 1.95. The van der Waals surface area contributed by atoms with Crippen molar-refractivity contribution in [2.75, 3.05) is 6.54 Å². The van der Waals surface area contributed by atoms with Gasteiger partial charge in [0.1, 0.15) is 6.10 Å². The normalized spacial score (nSPS) is 11.8. The number of carboxylic acids is 1. The molecule has 0 amide bonds. The van der Waals surface area contributed by atoms with Gasteiger partial charge in [0.05, 0.1) is 12.0 Å². The predicted molar refractivity (Wildman–Crippen MR) is 57.0 cm³/mol. The molecule has 1 unspecified atom stereocenters. The highest BCUT2D eigenvalue weighted by Gasteiger charge is 2.17. The van der Waals surface area contributed by atoms with Gasteiger partial charge >= 0.3 is 11.9 Å². The van der Waals surface area contributed by atoms with E-state index in [1.165, 1.54) is 0 Å². The zero-order valence-electron chi connectivity index (χ0n) is 8.63. The first-order chi connectivity index (χ1) is 7.63. The number of benzene rings is 1. The van der Waals surface area contributed by atoms with Crippen LogP contribution in [0.4, 0.5) is 0 Å². The fourth-order valence-corrected chi connectivity index (χ4v) is 1.16. The van der Waals surface area contributed by atoms with Crippen molar-refractivity contribution in [1.29, 1.82) is 0 Å². The standard InChI is InChI=1S/C11H13NO4/c12-7-9(6-10(13)14)16-11(15)8-4-2-1-3-5-8/h1-5,9H,6-7,12H2,(H,13,14). The number of nitrogens with two attached hydrogens (primary N) is 1. The minimum atomic E-state index is -1.05. The van der Waals surface area contributed by atoms with Crippen LogP contribution in [0.5, 0.6) is 0 Å². The van der Waals surface area contributed by atoms with Crippen LogP contribution in [0.25, 0.3) is 0 Å². The Kier molecular flexibility index (Phi) is 4.47. The van der Waals surface area contributed by atoms with Crippen molar-refractivity contribution in [3.63, 3.8) is 0 Å². The molecule has 0 heterocycles. The Morgan fingerprint density at radius 2 is 1.94 bits per heavy atom. The SMILES string of the molecule is NCC(CC(=O)O)OC(=O)c1ccccc1. The van der Waals surface area contributed by atoms with Crippen LogP contribution in [0, 0.1) is 0 Å². The van der Waals surface area contributed by atoms with E-state index >= 15 is 0 Å². The second kappa shape index (κ2) is 5.87. The molecule has 0 spiro atoms. The van der Waals surface area contributed by atoms with E-state index in [2.05, 4.69) is 0 Å². The van der Waals surface area contributed by atoms with Gasteiger partial charge in [0.25, 0.3) is 0 Å². The van der Waals surface area contributed by atoms with Crippen molar-refractivity contribution in [3.05, 3.63) is 35.9 Å². The zero-order chi connectivity index (χ0) is 12.0. The Bertz CT molecular complexity index is 364. The molecule has 0 aliphatic heterocycles. The highest BCUT2D eigenvalue weighted by Crippen LogP contribution is 2.05. The molecule has 0 saturated carbocycles. The molecule has 5 nitrogen and oxygen atoms in total. The molecule has 0 bridgehead atoms. The van der Waals surface area contributed by atoms with E-state index in [-0.39, 0.29) is 13.0 Å². The zero-order valence-corrected chi connectivity index (χ0v) is 8.63. The van der Waals surface area contributed by atoms with Gasteiger partial charge in [-0.3, -0.25) is 4.79 Å². The number of ether oxygens (including phenoxy) is 1. The molecular formula is C11H13NO4. The lowest BCUT2D eigenvalue weighted by atomic mass is 10.2. The minimum absolute atomic E-state index is 0.00905. The lowest BCUT2D eigenvalue weighted by Gasteiger charge is -2.13. The van der Waals surface area contributed by atoms with E-state index in [9.17, 15) is 9.59 Å². The summed E-state index contributed by atoms with van der Waals surface area (Å²) in [6.45, 7) is -0.00905. The van der Waals surface area contributed by atoms with Gasteiger partial charge in [-0.05, 0) is 12.1 Å². The number of aliphatic carboxylic acids is 1. The third kappa shape index (κ3) is 3.70. The van der Waals surface area contributed by atoms with Crippen LogP contribution in [0.3, 0.4) is 0 Å². The van der Waals surface area contributed by atoms with Crippen LogP contribution in [-0.4, -0.2) is 29.7 Å².